The van der Waals surface area contributed by atoms with Crippen LogP contribution in [-0.2, 0) is 47.4 Å². The van der Waals surface area contributed by atoms with Gasteiger partial charge in [0.25, 0.3) is 0 Å². The van der Waals surface area contributed by atoms with Gasteiger partial charge >= 0.3 is 5.97 Å². The van der Waals surface area contributed by atoms with E-state index < -0.39 is 42.4 Å². The van der Waals surface area contributed by atoms with Crippen LogP contribution in [0.15, 0.2) is 12.2 Å². The van der Waals surface area contributed by atoms with E-state index in [0.29, 0.717) is 51.4 Å². The first-order chi connectivity index (χ1) is 26.9. The number of carbonyl (C=O) groups is 1. The van der Waals surface area contributed by atoms with E-state index in [0.717, 1.165) is 44.1 Å². The smallest absolute Gasteiger partial charge is 0.308 e. The van der Waals surface area contributed by atoms with Gasteiger partial charge in [0.05, 0.1) is 91.9 Å². The summed E-state index contributed by atoms with van der Waals surface area (Å²) in [4.78, 5) is 13.9. The predicted octanol–water partition coefficient (Wildman–Crippen LogP) is 4.29. The van der Waals surface area contributed by atoms with Crippen LogP contribution in [-0.4, -0.2) is 138 Å². The Balaban J connectivity index is 1.03. The Hall–Kier alpha value is -1.23. The molecule has 10 rings (SSSR count). The molecule has 10 bridgehead atoms. The van der Waals surface area contributed by atoms with Crippen molar-refractivity contribution in [2.45, 2.75) is 221 Å². The molecule has 0 spiro atoms. The van der Waals surface area contributed by atoms with Gasteiger partial charge in [-0.2, -0.15) is 0 Å². The molecule has 56 heavy (non-hydrogen) atoms. The Labute approximate surface area is 332 Å². The molecule has 0 aromatic rings. The van der Waals surface area contributed by atoms with Crippen molar-refractivity contribution in [2.24, 2.45) is 17.8 Å². The van der Waals surface area contributed by atoms with Crippen LogP contribution in [0.2, 0.25) is 0 Å². The molecular formula is C43H68O13. The number of hydrogen-bond acceptors (Lipinski definition) is 13. The molecule has 20 atom stereocenters. The molecule has 10 heterocycles. The van der Waals surface area contributed by atoms with Crippen LogP contribution in [0, 0.1) is 17.8 Å². The summed E-state index contributed by atoms with van der Waals surface area (Å²) >= 11 is 0. The zero-order valence-electron chi connectivity index (χ0n) is 33.9. The summed E-state index contributed by atoms with van der Waals surface area (Å²) in [5.41, 5.74) is 1.02. The molecule has 0 amide bonds. The Morgan fingerprint density at radius 3 is 2.21 bits per heavy atom. The average molecular weight is 793 g/mol. The Kier molecular flexibility index (Phi) is 12.9. The summed E-state index contributed by atoms with van der Waals surface area (Å²) in [7, 11) is 1.68. The van der Waals surface area contributed by atoms with Gasteiger partial charge < -0.3 is 58.0 Å². The average Bonchev–Trinajstić information content (AvgIpc) is 3.78. The van der Waals surface area contributed by atoms with Crippen LogP contribution < -0.4 is 0 Å². The van der Waals surface area contributed by atoms with Gasteiger partial charge in [-0.3, -0.25) is 4.79 Å². The molecule has 10 aliphatic heterocycles. The lowest BCUT2D eigenvalue weighted by atomic mass is 9.79. The first-order valence-corrected chi connectivity index (χ1v) is 21.9. The van der Waals surface area contributed by atoms with E-state index in [1.165, 1.54) is 0 Å². The number of ether oxygens (including phenoxy) is 9. The lowest BCUT2D eigenvalue weighted by Gasteiger charge is -2.51. The molecule has 15 unspecified atom stereocenters. The lowest BCUT2D eigenvalue weighted by Crippen LogP contribution is -2.61. The van der Waals surface area contributed by atoms with Gasteiger partial charge in [0.2, 0.25) is 0 Å². The topological polar surface area (TPSA) is 161 Å². The Morgan fingerprint density at radius 1 is 0.750 bits per heavy atom. The maximum absolute atomic E-state index is 13.9. The molecule has 10 aliphatic rings. The first-order valence-electron chi connectivity index (χ1n) is 21.9. The van der Waals surface area contributed by atoms with E-state index in [2.05, 4.69) is 20.4 Å². The van der Waals surface area contributed by atoms with E-state index in [1.54, 1.807) is 7.11 Å². The highest BCUT2D eigenvalue weighted by Gasteiger charge is 2.54. The van der Waals surface area contributed by atoms with Gasteiger partial charge in [-0.1, -0.05) is 27.4 Å². The second kappa shape index (κ2) is 17.4. The fourth-order valence-corrected chi connectivity index (χ4v) is 11.5. The molecule has 0 aromatic heterocycles. The van der Waals surface area contributed by atoms with E-state index in [9.17, 15) is 20.1 Å². The van der Waals surface area contributed by atoms with Crippen molar-refractivity contribution in [1.29, 1.82) is 0 Å². The van der Waals surface area contributed by atoms with Gasteiger partial charge in [0.1, 0.15) is 12.2 Å². The highest BCUT2D eigenvalue weighted by Crippen LogP contribution is 2.45. The molecule has 318 valence electrons. The minimum absolute atomic E-state index is 0.0224. The van der Waals surface area contributed by atoms with Gasteiger partial charge in [-0.15, -0.1) is 0 Å². The molecule has 10 saturated heterocycles. The number of methoxy groups -OCH3 is 1. The number of esters is 1. The molecule has 0 radical (unpaired) electrons. The molecule has 13 nitrogen and oxygen atoms in total. The van der Waals surface area contributed by atoms with Crippen molar-refractivity contribution < 1.29 is 62.7 Å². The standard InChI is InChI=1S/C43H68O13/c1-22-16-28-9-8-26-6-7-27(49-26)12-14-43(47)21-37(48-5)42(56-43)34-17-23(2)39-32(52-34)11-10-29(51-39)18-38(46)55-41-25(4)40-35(19-30(45)31(54-40)13-15-44)53-36(41)20-33(50-28)24(22)3/h22-23,25-37,39-42,44-45,47H,3,6-21H2,1-2,4-5H3/t22?,23?,25-,26?,27?,28?,29?,30?,31?,32?,33?,34+,35?,36?,37+,39+,40?,41?,42?,43+/m0/s1. The molecule has 0 aliphatic carbocycles. The fraction of sp³-hybridized carbons (Fsp3) is 0.930. The zero-order chi connectivity index (χ0) is 39.3. The third kappa shape index (κ3) is 8.80. The summed E-state index contributed by atoms with van der Waals surface area (Å²) in [6.45, 7) is 10.8. The van der Waals surface area contributed by atoms with Gasteiger partial charge in [0.15, 0.2) is 5.79 Å². The summed E-state index contributed by atoms with van der Waals surface area (Å²) in [5, 5.41) is 32.3. The van der Waals surface area contributed by atoms with Gasteiger partial charge in [-0.05, 0) is 81.6 Å². The highest BCUT2D eigenvalue weighted by molar-refractivity contribution is 5.70. The van der Waals surface area contributed by atoms with Crippen LogP contribution in [0.4, 0.5) is 0 Å². The largest absolute Gasteiger partial charge is 0.459 e. The summed E-state index contributed by atoms with van der Waals surface area (Å²) in [6.07, 6.45) is 4.62. The Morgan fingerprint density at radius 2 is 1.45 bits per heavy atom. The predicted molar refractivity (Wildman–Crippen MR) is 201 cm³/mol. The maximum Gasteiger partial charge on any atom is 0.308 e. The first kappa shape index (κ1) is 41.5. The number of aliphatic hydroxyl groups excluding tert-OH is 2. The van der Waals surface area contributed by atoms with Crippen molar-refractivity contribution in [3.63, 3.8) is 0 Å². The van der Waals surface area contributed by atoms with Crippen molar-refractivity contribution in [2.75, 3.05) is 13.7 Å². The van der Waals surface area contributed by atoms with Crippen LogP contribution in [0.1, 0.15) is 117 Å². The van der Waals surface area contributed by atoms with Crippen molar-refractivity contribution in [3.8, 4) is 0 Å². The molecule has 0 aromatic carbocycles. The molecule has 13 heteroatoms. The molecule has 3 N–H and O–H groups in total. The van der Waals surface area contributed by atoms with Gasteiger partial charge in [-0.25, -0.2) is 0 Å². The normalized spacial score (nSPS) is 51.7. The maximum atomic E-state index is 13.9. The van der Waals surface area contributed by atoms with Crippen LogP contribution in [0.25, 0.3) is 0 Å². The van der Waals surface area contributed by atoms with E-state index in [1.807, 2.05) is 6.92 Å². The highest BCUT2D eigenvalue weighted by atomic mass is 16.7. The summed E-state index contributed by atoms with van der Waals surface area (Å²) in [5.74, 6) is -1.50. The van der Waals surface area contributed by atoms with E-state index in [-0.39, 0.29) is 97.8 Å². The Bertz CT molecular complexity index is 1360. The fourth-order valence-electron chi connectivity index (χ4n) is 11.5. The minimum Gasteiger partial charge on any atom is -0.459 e. The monoisotopic (exact) mass is 792 g/mol. The van der Waals surface area contributed by atoms with Crippen LogP contribution in [0.5, 0.6) is 0 Å². The second-order valence-corrected chi connectivity index (χ2v) is 18.7. The number of rotatable bonds is 3. The SMILES string of the molecule is C=C1C(C)CC2CCC3CCC(CC[C@]4(O)C[C@@H](OC)C(O4)[C@H]4CC(C)[C@H]5OC(CCC5O4)CC(=O)OC4C(CC1O2)OC1CC(O)C(CCO)OC1[C@@H]4C)O3. The van der Waals surface area contributed by atoms with E-state index in [4.69, 9.17) is 42.6 Å². The summed E-state index contributed by atoms with van der Waals surface area (Å²) < 4.78 is 58.6. The number of carbonyl (C=O) groups excluding carboxylic acids is 1. The minimum atomic E-state index is -1.30. The van der Waals surface area contributed by atoms with Crippen molar-refractivity contribution in [3.05, 3.63) is 12.2 Å². The number of hydrogen-bond donors (Lipinski definition) is 3. The van der Waals surface area contributed by atoms with Crippen molar-refractivity contribution >= 4 is 5.97 Å². The number of fused-ring (bicyclic) bond motifs is 3. The molecule has 10 fully saturated rings. The molecular weight excluding hydrogens is 724 g/mol. The van der Waals surface area contributed by atoms with Gasteiger partial charge in [0, 0.05) is 45.3 Å². The number of aliphatic hydroxyl groups is 3. The second-order valence-electron chi connectivity index (χ2n) is 18.7. The van der Waals surface area contributed by atoms with Crippen LogP contribution in [0.3, 0.4) is 0 Å². The van der Waals surface area contributed by atoms with Crippen LogP contribution >= 0.6 is 0 Å². The third-order valence-electron chi connectivity index (χ3n) is 14.7. The van der Waals surface area contributed by atoms with E-state index >= 15 is 0 Å². The molecule has 0 saturated carbocycles. The zero-order valence-corrected chi connectivity index (χ0v) is 33.9. The third-order valence-corrected chi connectivity index (χ3v) is 14.7. The van der Waals surface area contributed by atoms with Crippen molar-refractivity contribution in [1.82, 2.24) is 0 Å². The summed E-state index contributed by atoms with van der Waals surface area (Å²) in [6, 6.07) is 0. The quantitative estimate of drug-likeness (QED) is 0.275. The lowest BCUT2D eigenvalue weighted by molar-refractivity contribution is -0.274.